The number of fused-ring (bicyclic) bond motifs is 6. The molecule has 0 nitrogen and oxygen atoms in total. The molecule has 140 valence electrons. The minimum Gasteiger partial charge on any atom is -1.00 e. The zero-order chi connectivity index (χ0) is 17.1. The van der Waals surface area contributed by atoms with E-state index >= 15 is 0 Å². The van der Waals surface area contributed by atoms with Crippen molar-refractivity contribution in [2.45, 2.75) is 19.4 Å². The van der Waals surface area contributed by atoms with E-state index in [1.54, 1.807) is 10.9 Å². The van der Waals surface area contributed by atoms with Crippen LogP contribution in [0.15, 0.2) is 84.2 Å². The summed E-state index contributed by atoms with van der Waals surface area (Å²) >= 11 is -0.793. The van der Waals surface area contributed by atoms with Crippen molar-refractivity contribution < 1.29 is 47.7 Å². The molecule has 1 heterocycles. The summed E-state index contributed by atoms with van der Waals surface area (Å²) in [6.07, 6.45) is 13.7. The molecule has 0 amide bonds. The number of rotatable bonds is 1. The van der Waals surface area contributed by atoms with Crippen LogP contribution in [-0.4, -0.2) is 5.66 Å². The SMILES string of the molecule is C1=CC2CC3[CH]([Hf+2][CH]4C(=Cc5ccccc54)P3c3ccccc3)C2C=C1.[Cl-].[Cl-]. The second-order valence-corrected chi connectivity index (χ2v) is 15.9. The first-order chi connectivity index (χ1) is 12.9. The van der Waals surface area contributed by atoms with Crippen LogP contribution in [0.5, 0.6) is 0 Å². The number of hydrogen-bond acceptors (Lipinski definition) is 0. The largest absolute Gasteiger partial charge is 1.00 e. The van der Waals surface area contributed by atoms with Gasteiger partial charge in [0.2, 0.25) is 0 Å². The van der Waals surface area contributed by atoms with E-state index in [9.17, 15) is 0 Å². The average molecular weight is 590 g/mol. The summed E-state index contributed by atoms with van der Waals surface area (Å²) in [6, 6.07) is 20.8. The summed E-state index contributed by atoms with van der Waals surface area (Å²) in [5, 5.41) is 3.46. The van der Waals surface area contributed by atoms with Gasteiger partial charge >= 0.3 is 169 Å². The Morgan fingerprint density at radius 3 is 2.46 bits per heavy atom. The van der Waals surface area contributed by atoms with Crippen molar-refractivity contribution in [3.8, 4) is 0 Å². The molecule has 2 fully saturated rings. The molecule has 0 bridgehead atoms. The van der Waals surface area contributed by atoms with Crippen LogP contribution in [-0.2, 0) is 22.9 Å². The van der Waals surface area contributed by atoms with E-state index in [-0.39, 0.29) is 32.7 Å². The Morgan fingerprint density at radius 2 is 1.61 bits per heavy atom. The van der Waals surface area contributed by atoms with Gasteiger partial charge in [-0.05, 0) is 0 Å². The van der Waals surface area contributed by atoms with Gasteiger partial charge in [-0.2, -0.15) is 0 Å². The molecule has 0 N–H and O–H groups in total. The van der Waals surface area contributed by atoms with E-state index in [0.717, 1.165) is 24.8 Å². The first-order valence-corrected chi connectivity index (χ1v) is 15.2. The number of halogens is 2. The Bertz CT molecular complexity index is 952. The normalized spacial score (nSPS) is 32.9. The van der Waals surface area contributed by atoms with Crippen molar-refractivity contribution >= 4 is 19.3 Å². The van der Waals surface area contributed by atoms with Gasteiger partial charge in [-0.1, -0.05) is 0 Å². The van der Waals surface area contributed by atoms with E-state index in [2.05, 4.69) is 85.0 Å². The van der Waals surface area contributed by atoms with E-state index in [1.807, 2.05) is 5.31 Å². The van der Waals surface area contributed by atoms with Crippen LogP contribution in [0, 0.1) is 11.8 Å². The Labute approximate surface area is 192 Å². The molecule has 1 aliphatic heterocycles. The van der Waals surface area contributed by atoms with Crippen LogP contribution in [0.3, 0.4) is 0 Å². The van der Waals surface area contributed by atoms with Crippen molar-refractivity contribution in [2.24, 2.45) is 11.8 Å². The maximum Gasteiger partial charge on any atom is -1.00 e. The van der Waals surface area contributed by atoms with Crippen LogP contribution in [0.25, 0.3) is 6.08 Å². The predicted octanol–water partition coefficient (Wildman–Crippen LogP) is -0.0871. The zero-order valence-electron chi connectivity index (χ0n) is 15.4. The fourth-order valence-electron chi connectivity index (χ4n) is 5.47. The molecule has 2 aromatic carbocycles. The van der Waals surface area contributed by atoms with Crippen LogP contribution in [0.2, 0.25) is 3.67 Å². The fourth-order valence-corrected chi connectivity index (χ4v) is 20.4. The molecular weight excluding hydrogens is 569 g/mol. The molecule has 6 rings (SSSR count). The van der Waals surface area contributed by atoms with Crippen molar-refractivity contribution in [3.63, 3.8) is 0 Å². The first-order valence-electron chi connectivity index (χ1n) is 9.66. The standard InChI is InChI=1S/C24H21P.2ClH.Hf/c1-2-12-22(13-3-1)25(23-14-18-8-4-5-9-19(18)15-23)24-16-20-10-6-7-11-21(20)17-24;;;/h1-16,20-21,24H,17H2;2*1H;/q;;;+2/p-2. The zero-order valence-corrected chi connectivity index (χ0v) is 21.4. The van der Waals surface area contributed by atoms with Crippen LogP contribution >= 0.6 is 7.92 Å². The number of allylic oxidation sites excluding steroid dienone is 5. The second-order valence-electron chi connectivity index (χ2n) is 7.84. The maximum absolute atomic E-state index is 2.61. The maximum atomic E-state index is 2.61. The summed E-state index contributed by atoms with van der Waals surface area (Å²) in [4.78, 5) is 0. The van der Waals surface area contributed by atoms with Crippen LogP contribution < -0.4 is 30.1 Å². The molecule has 4 aliphatic rings. The van der Waals surface area contributed by atoms with Gasteiger partial charge in [0.05, 0.1) is 0 Å². The van der Waals surface area contributed by atoms with Crippen LogP contribution in [0.4, 0.5) is 0 Å². The Balaban J connectivity index is 0.000000961. The number of hydrogen-bond donors (Lipinski definition) is 0. The molecule has 0 radical (unpaired) electrons. The predicted molar refractivity (Wildman–Crippen MR) is 108 cm³/mol. The molecule has 0 aromatic heterocycles. The first kappa shape index (κ1) is 20.8. The number of benzene rings is 2. The van der Waals surface area contributed by atoms with Gasteiger partial charge in [0.1, 0.15) is 0 Å². The third-order valence-corrected chi connectivity index (χ3v) is 19.1. The quantitative estimate of drug-likeness (QED) is 0.323. The summed E-state index contributed by atoms with van der Waals surface area (Å²) in [6.45, 7) is 0. The van der Waals surface area contributed by atoms with Gasteiger partial charge in [0.15, 0.2) is 0 Å². The molecule has 6 atom stereocenters. The Kier molecular flexibility index (Phi) is 6.20. The van der Waals surface area contributed by atoms with Crippen molar-refractivity contribution in [1.82, 2.24) is 0 Å². The van der Waals surface area contributed by atoms with Gasteiger partial charge in [0, 0.05) is 0 Å². The molecule has 0 spiro atoms. The topological polar surface area (TPSA) is 0 Å². The van der Waals surface area contributed by atoms with Crippen molar-refractivity contribution in [3.05, 3.63) is 95.3 Å². The van der Waals surface area contributed by atoms with E-state index in [4.69, 9.17) is 0 Å². The summed E-state index contributed by atoms with van der Waals surface area (Å²) < 4.78 is 1.87. The van der Waals surface area contributed by atoms with E-state index in [0.29, 0.717) is 0 Å². The van der Waals surface area contributed by atoms with Gasteiger partial charge < -0.3 is 24.8 Å². The molecule has 1 saturated carbocycles. The van der Waals surface area contributed by atoms with Gasteiger partial charge in [-0.25, -0.2) is 0 Å². The Morgan fingerprint density at radius 1 is 0.857 bits per heavy atom. The Hall–Kier alpha value is -0.460. The molecule has 6 unspecified atom stereocenters. The minimum atomic E-state index is -0.793. The molecule has 4 heteroatoms. The van der Waals surface area contributed by atoms with E-state index < -0.39 is 22.9 Å². The summed E-state index contributed by atoms with van der Waals surface area (Å²) in [7, 11) is -0.189. The third-order valence-electron chi connectivity index (χ3n) is 6.55. The van der Waals surface area contributed by atoms with Gasteiger partial charge in [-0.3, -0.25) is 0 Å². The monoisotopic (exact) mass is 590 g/mol. The average Bonchev–Trinajstić information content (AvgIpc) is 3.25. The van der Waals surface area contributed by atoms with Crippen molar-refractivity contribution in [2.75, 3.05) is 0 Å². The molecular formula is C24H21Cl2HfP. The van der Waals surface area contributed by atoms with Gasteiger partial charge in [-0.15, -0.1) is 0 Å². The molecule has 1 saturated heterocycles. The van der Waals surface area contributed by atoms with Gasteiger partial charge in [0.25, 0.3) is 0 Å². The second kappa shape index (κ2) is 8.35. The molecule has 3 aliphatic carbocycles. The van der Waals surface area contributed by atoms with Crippen molar-refractivity contribution in [1.29, 1.82) is 0 Å². The fraction of sp³-hybridized carbons (Fsp3) is 0.250. The summed E-state index contributed by atoms with van der Waals surface area (Å²) in [5.41, 5.74) is 4.13. The molecule has 28 heavy (non-hydrogen) atoms. The van der Waals surface area contributed by atoms with E-state index in [1.165, 1.54) is 12.0 Å². The van der Waals surface area contributed by atoms with Crippen LogP contribution in [0.1, 0.15) is 21.2 Å². The molecule has 2 aromatic rings. The minimum absolute atomic E-state index is 0. The smallest absolute Gasteiger partial charge is 1.00 e. The summed E-state index contributed by atoms with van der Waals surface area (Å²) in [5.74, 6) is 1.65. The third kappa shape index (κ3) is 3.18.